The van der Waals surface area contributed by atoms with Crippen molar-refractivity contribution >= 4 is 23.3 Å². The van der Waals surface area contributed by atoms with Gasteiger partial charge in [-0.05, 0) is 53.9 Å². The molecule has 1 aromatic carbocycles. The average Bonchev–Trinajstić information content (AvgIpc) is 2.67. The molecule has 6 nitrogen and oxygen atoms in total. The highest BCUT2D eigenvalue weighted by Crippen LogP contribution is 2.11. The van der Waals surface area contributed by atoms with Crippen molar-refractivity contribution in [2.45, 2.75) is 13.0 Å². The molecule has 1 amide bonds. The van der Waals surface area contributed by atoms with E-state index in [1.807, 2.05) is 36.4 Å². The normalized spacial score (nSPS) is 10.3. The second kappa shape index (κ2) is 8.92. The fourth-order valence-corrected chi connectivity index (χ4v) is 2.56. The van der Waals surface area contributed by atoms with Crippen LogP contribution in [0.15, 0.2) is 60.9 Å². The third-order valence-corrected chi connectivity index (χ3v) is 3.94. The summed E-state index contributed by atoms with van der Waals surface area (Å²) in [5, 5.41) is 14.7. The van der Waals surface area contributed by atoms with Crippen LogP contribution in [-0.4, -0.2) is 27.6 Å². The first kappa shape index (κ1) is 17.8. The van der Waals surface area contributed by atoms with Crippen molar-refractivity contribution in [3.63, 3.8) is 0 Å². The lowest BCUT2D eigenvalue weighted by Gasteiger charge is -2.07. The second-order valence-corrected chi connectivity index (χ2v) is 6.09. The van der Waals surface area contributed by atoms with Gasteiger partial charge in [0.15, 0.2) is 5.69 Å². The van der Waals surface area contributed by atoms with Gasteiger partial charge in [-0.1, -0.05) is 23.7 Å². The Morgan fingerprint density at radius 1 is 1.00 bits per heavy atom. The van der Waals surface area contributed by atoms with Crippen molar-refractivity contribution < 1.29 is 4.79 Å². The first-order chi connectivity index (χ1) is 12.7. The average molecular weight is 368 g/mol. The van der Waals surface area contributed by atoms with Gasteiger partial charge in [0, 0.05) is 30.5 Å². The zero-order chi connectivity index (χ0) is 18.2. The van der Waals surface area contributed by atoms with Crippen molar-refractivity contribution in [3.8, 4) is 0 Å². The SMILES string of the molecule is O=C(NCc1ccncc1)c1ccc(NCCc2cccc(Cl)c2)nn1. The predicted octanol–water partition coefficient (Wildman–Crippen LogP) is 3.11. The molecule has 0 radical (unpaired) electrons. The van der Waals surface area contributed by atoms with Crippen LogP contribution in [0.25, 0.3) is 0 Å². The molecule has 0 aliphatic rings. The monoisotopic (exact) mass is 367 g/mol. The van der Waals surface area contributed by atoms with Crippen molar-refractivity contribution in [3.05, 3.63) is 82.8 Å². The lowest BCUT2D eigenvalue weighted by molar-refractivity contribution is 0.0945. The number of hydrogen-bond acceptors (Lipinski definition) is 5. The molecule has 0 spiro atoms. The predicted molar refractivity (Wildman–Crippen MR) is 101 cm³/mol. The number of nitrogens with zero attached hydrogens (tertiary/aromatic N) is 3. The maximum absolute atomic E-state index is 12.1. The summed E-state index contributed by atoms with van der Waals surface area (Å²) in [4.78, 5) is 16.0. The number of amides is 1. The standard InChI is InChI=1S/C19H18ClN5O/c20-16-3-1-2-14(12-16)8-11-22-18-5-4-17(24-25-18)19(26)23-13-15-6-9-21-10-7-15/h1-7,9-10,12H,8,11,13H2,(H,22,25)(H,23,26). The molecule has 0 bridgehead atoms. The van der Waals surface area contributed by atoms with Crippen LogP contribution in [-0.2, 0) is 13.0 Å². The van der Waals surface area contributed by atoms with Gasteiger partial charge in [0.25, 0.3) is 5.91 Å². The van der Waals surface area contributed by atoms with Gasteiger partial charge in [0.05, 0.1) is 0 Å². The lowest BCUT2D eigenvalue weighted by Crippen LogP contribution is -2.24. The van der Waals surface area contributed by atoms with E-state index in [9.17, 15) is 4.79 Å². The molecule has 0 atom stereocenters. The smallest absolute Gasteiger partial charge is 0.272 e. The number of carbonyl (C=O) groups excluding carboxylic acids is 1. The summed E-state index contributed by atoms with van der Waals surface area (Å²) >= 11 is 5.97. The van der Waals surface area contributed by atoms with Crippen molar-refractivity contribution in [2.24, 2.45) is 0 Å². The fourth-order valence-electron chi connectivity index (χ4n) is 2.35. The van der Waals surface area contributed by atoms with Crippen LogP contribution in [0.1, 0.15) is 21.6 Å². The number of pyridine rings is 1. The molecule has 132 valence electrons. The van der Waals surface area contributed by atoms with Crippen LogP contribution < -0.4 is 10.6 Å². The Kier molecular flexibility index (Phi) is 6.11. The number of anilines is 1. The Bertz CT molecular complexity index is 855. The van der Waals surface area contributed by atoms with Gasteiger partial charge < -0.3 is 10.6 Å². The van der Waals surface area contributed by atoms with E-state index < -0.39 is 0 Å². The molecule has 3 rings (SSSR count). The topological polar surface area (TPSA) is 79.8 Å². The van der Waals surface area contributed by atoms with Crippen LogP contribution in [0.4, 0.5) is 5.82 Å². The van der Waals surface area contributed by atoms with Gasteiger partial charge in [0.1, 0.15) is 5.82 Å². The van der Waals surface area contributed by atoms with Crippen LogP contribution >= 0.6 is 11.6 Å². The zero-order valence-corrected chi connectivity index (χ0v) is 14.8. The molecule has 0 aliphatic heterocycles. The van der Waals surface area contributed by atoms with E-state index >= 15 is 0 Å². The Labute approximate surface area is 156 Å². The molecule has 0 aliphatic carbocycles. The molecule has 7 heteroatoms. The van der Waals surface area contributed by atoms with Crippen LogP contribution in [0.3, 0.4) is 0 Å². The molecule has 0 fully saturated rings. The molecule has 0 saturated heterocycles. The van der Waals surface area contributed by atoms with Crippen molar-refractivity contribution in [1.82, 2.24) is 20.5 Å². The summed E-state index contributed by atoms with van der Waals surface area (Å²) in [6, 6.07) is 14.8. The molecule has 26 heavy (non-hydrogen) atoms. The molecule has 3 aromatic rings. The quantitative estimate of drug-likeness (QED) is 0.670. The van der Waals surface area contributed by atoms with Gasteiger partial charge >= 0.3 is 0 Å². The van der Waals surface area contributed by atoms with Crippen LogP contribution in [0, 0.1) is 0 Å². The number of aromatic nitrogens is 3. The highest BCUT2D eigenvalue weighted by molar-refractivity contribution is 6.30. The van der Waals surface area contributed by atoms with Crippen LogP contribution in [0.5, 0.6) is 0 Å². The first-order valence-corrected chi connectivity index (χ1v) is 8.57. The van der Waals surface area contributed by atoms with Crippen LogP contribution in [0.2, 0.25) is 5.02 Å². The Balaban J connectivity index is 1.47. The maximum Gasteiger partial charge on any atom is 0.272 e. The fraction of sp³-hybridized carbons (Fsp3) is 0.158. The lowest BCUT2D eigenvalue weighted by atomic mass is 10.1. The third-order valence-electron chi connectivity index (χ3n) is 3.71. The minimum atomic E-state index is -0.264. The molecular formula is C19H18ClN5O. The van der Waals surface area contributed by atoms with Crippen molar-refractivity contribution in [1.29, 1.82) is 0 Å². The highest BCUT2D eigenvalue weighted by Gasteiger charge is 2.08. The number of rotatable bonds is 7. The van der Waals surface area contributed by atoms with E-state index in [0.717, 1.165) is 22.6 Å². The zero-order valence-electron chi connectivity index (χ0n) is 14.0. The summed E-state index contributed by atoms with van der Waals surface area (Å²) < 4.78 is 0. The van der Waals surface area contributed by atoms with E-state index in [1.54, 1.807) is 24.5 Å². The molecule has 0 unspecified atom stereocenters. The number of carbonyl (C=O) groups is 1. The highest BCUT2D eigenvalue weighted by atomic mass is 35.5. The van der Waals surface area contributed by atoms with E-state index in [-0.39, 0.29) is 11.6 Å². The number of benzene rings is 1. The summed E-state index contributed by atoms with van der Waals surface area (Å²) in [7, 11) is 0. The van der Waals surface area contributed by atoms with Gasteiger partial charge in [0.2, 0.25) is 0 Å². The maximum atomic E-state index is 12.1. The Morgan fingerprint density at radius 3 is 2.58 bits per heavy atom. The molecule has 2 N–H and O–H groups in total. The molecule has 0 saturated carbocycles. The summed E-state index contributed by atoms with van der Waals surface area (Å²) in [5.41, 5.74) is 2.39. The van der Waals surface area contributed by atoms with Gasteiger partial charge in [-0.15, -0.1) is 10.2 Å². The minimum Gasteiger partial charge on any atom is -0.368 e. The number of hydrogen-bond donors (Lipinski definition) is 2. The molecule has 2 heterocycles. The van der Waals surface area contributed by atoms with E-state index in [0.29, 0.717) is 18.9 Å². The second-order valence-electron chi connectivity index (χ2n) is 5.65. The van der Waals surface area contributed by atoms with E-state index in [1.165, 1.54) is 0 Å². The van der Waals surface area contributed by atoms with Crippen molar-refractivity contribution in [2.75, 3.05) is 11.9 Å². The summed E-state index contributed by atoms with van der Waals surface area (Å²) in [6.45, 7) is 1.12. The minimum absolute atomic E-state index is 0.264. The Morgan fingerprint density at radius 2 is 1.85 bits per heavy atom. The van der Waals surface area contributed by atoms with E-state index in [4.69, 9.17) is 11.6 Å². The largest absolute Gasteiger partial charge is 0.368 e. The third kappa shape index (κ3) is 5.26. The van der Waals surface area contributed by atoms with Gasteiger partial charge in [-0.2, -0.15) is 0 Å². The van der Waals surface area contributed by atoms with E-state index in [2.05, 4.69) is 25.8 Å². The van der Waals surface area contributed by atoms with Gasteiger partial charge in [-0.25, -0.2) is 0 Å². The number of halogens is 1. The summed E-state index contributed by atoms with van der Waals surface area (Å²) in [5.74, 6) is 0.359. The summed E-state index contributed by atoms with van der Waals surface area (Å²) in [6.07, 6.45) is 4.19. The molecule has 2 aromatic heterocycles. The first-order valence-electron chi connectivity index (χ1n) is 8.20. The van der Waals surface area contributed by atoms with Gasteiger partial charge in [-0.3, -0.25) is 9.78 Å². The Hall–Kier alpha value is -2.99. The number of nitrogens with one attached hydrogen (secondary N) is 2. The molecular weight excluding hydrogens is 350 g/mol.